The van der Waals surface area contributed by atoms with E-state index in [0.29, 0.717) is 16.3 Å². The van der Waals surface area contributed by atoms with Crippen LogP contribution < -0.4 is 4.74 Å². The molecule has 0 aromatic heterocycles. The van der Waals surface area contributed by atoms with Gasteiger partial charge in [0.1, 0.15) is 17.8 Å². The van der Waals surface area contributed by atoms with Crippen molar-refractivity contribution in [1.82, 2.24) is 0 Å². The summed E-state index contributed by atoms with van der Waals surface area (Å²) in [5, 5.41) is 0.428. The highest BCUT2D eigenvalue weighted by Crippen LogP contribution is 2.32. The number of hydrogen-bond donors (Lipinski definition) is 0. The Labute approximate surface area is 130 Å². The maximum atomic E-state index is 10.7. The highest BCUT2D eigenvalue weighted by Gasteiger charge is 2.17. The molecule has 0 aliphatic rings. The number of rotatable bonds is 5. The summed E-state index contributed by atoms with van der Waals surface area (Å²) in [5.41, 5.74) is 1.97. The zero-order chi connectivity index (χ0) is 15.5. The predicted octanol–water partition coefficient (Wildman–Crippen LogP) is 5.63. The van der Waals surface area contributed by atoms with E-state index in [0.717, 1.165) is 18.5 Å². The first kappa shape index (κ1) is 15.6. The Balaban J connectivity index is 2.19. The summed E-state index contributed by atoms with van der Waals surface area (Å²) in [5.74, 6) is 1.27. The molecule has 0 fully saturated rings. The molecule has 0 unspecified atom stereocenters. The largest absolute Gasteiger partial charge is 0.456 e. The van der Waals surface area contributed by atoms with E-state index < -0.39 is 0 Å². The zero-order valence-electron chi connectivity index (χ0n) is 12.5. The molecule has 0 saturated carbocycles. The van der Waals surface area contributed by atoms with Crippen molar-refractivity contribution < 1.29 is 9.53 Å². The zero-order valence-corrected chi connectivity index (χ0v) is 13.3. The van der Waals surface area contributed by atoms with E-state index >= 15 is 0 Å². The number of carbonyl (C=O) groups excluding carboxylic acids is 1. The van der Waals surface area contributed by atoms with Crippen molar-refractivity contribution in [3.8, 4) is 11.5 Å². The lowest BCUT2D eigenvalue weighted by atomic mass is 9.82. The van der Waals surface area contributed by atoms with Crippen molar-refractivity contribution in [2.45, 2.75) is 32.6 Å². The molecule has 2 nitrogen and oxygen atoms in total. The van der Waals surface area contributed by atoms with Crippen molar-refractivity contribution in [3.63, 3.8) is 0 Å². The van der Waals surface area contributed by atoms with Gasteiger partial charge in [0.25, 0.3) is 0 Å². The SMILES string of the molecule is CCC(C)(C)c1ccc(Oc2ccc(C=O)cc2Cl)cc1. The predicted molar refractivity (Wildman–Crippen MR) is 86.7 cm³/mol. The van der Waals surface area contributed by atoms with Gasteiger partial charge in [0.05, 0.1) is 5.02 Å². The van der Waals surface area contributed by atoms with Gasteiger partial charge in [-0.15, -0.1) is 0 Å². The van der Waals surface area contributed by atoms with Crippen LogP contribution in [0, 0.1) is 0 Å². The van der Waals surface area contributed by atoms with Crippen LogP contribution >= 0.6 is 11.6 Å². The lowest BCUT2D eigenvalue weighted by molar-refractivity contribution is 0.112. The summed E-state index contributed by atoms with van der Waals surface area (Å²) in [6.07, 6.45) is 1.84. The first-order valence-electron chi connectivity index (χ1n) is 6.99. The summed E-state index contributed by atoms with van der Waals surface area (Å²) in [4.78, 5) is 10.7. The topological polar surface area (TPSA) is 26.3 Å². The number of ether oxygens (including phenoxy) is 1. The lowest BCUT2D eigenvalue weighted by Crippen LogP contribution is -2.14. The molecular weight excluding hydrogens is 284 g/mol. The maximum absolute atomic E-state index is 10.7. The van der Waals surface area contributed by atoms with Crippen LogP contribution in [0.4, 0.5) is 0 Å². The normalized spacial score (nSPS) is 11.2. The molecule has 0 N–H and O–H groups in total. The molecule has 0 aliphatic heterocycles. The molecule has 2 rings (SSSR count). The van der Waals surface area contributed by atoms with Gasteiger partial charge < -0.3 is 4.74 Å². The van der Waals surface area contributed by atoms with E-state index in [-0.39, 0.29) is 5.41 Å². The molecule has 21 heavy (non-hydrogen) atoms. The van der Waals surface area contributed by atoms with E-state index in [2.05, 4.69) is 32.9 Å². The average Bonchev–Trinajstić information content (AvgIpc) is 2.50. The second-order valence-corrected chi connectivity index (χ2v) is 6.08. The molecule has 0 bridgehead atoms. The molecule has 0 saturated heterocycles. The Morgan fingerprint density at radius 2 is 1.81 bits per heavy atom. The molecule has 0 amide bonds. The van der Waals surface area contributed by atoms with Crippen molar-refractivity contribution >= 4 is 17.9 Å². The Hall–Kier alpha value is -1.80. The first-order valence-corrected chi connectivity index (χ1v) is 7.37. The lowest BCUT2D eigenvalue weighted by Gasteiger charge is -2.23. The van der Waals surface area contributed by atoms with Crippen LogP contribution in [0.2, 0.25) is 5.02 Å². The first-order chi connectivity index (χ1) is 9.96. The number of aldehydes is 1. The number of halogens is 1. The van der Waals surface area contributed by atoms with E-state index in [9.17, 15) is 4.79 Å². The maximum Gasteiger partial charge on any atom is 0.150 e. The molecule has 0 radical (unpaired) electrons. The Kier molecular flexibility index (Phi) is 4.69. The van der Waals surface area contributed by atoms with Gasteiger partial charge in [0.15, 0.2) is 0 Å². The summed E-state index contributed by atoms with van der Waals surface area (Å²) in [6, 6.07) is 13.0. The molecule has 0 heterocycles. The van der Waals surface area contributed by atoms with Gasteiger partial charge in [0, 0.05) is 5.56 Å². The second kappa shape index (κ2) is 6.31. The molecule has 0 atom stereocenters. The van der Waals surface area contributed by atoms with Crippen molar-refractivity contribution in [3.05, 3.63) is 58.6 Å². The van der Waals surface area contributed by atoms with Gasteiger partial charge in [-0.25, -0.2) is 0 Å². The average molecular weight is 303 g/mol. The second-order valence-electron chi connectivity index (χ2n) is 5.67. The third-order valence-electron chi connectivity index (χ3n) is 3.84. The van der Waals surface area contributed by atoms with Crippen LogP contribution in [0.15, 0.2) is 42.5 Å². The van der Waals surface area contributed by atoms with Crippen LogP contribution in [0.25, 0.3) is 0 Å². The molecular formula is C18H19ClO2. The Bertz CT molecular complexity index is 630. The summed E-state index contributed by atoms with van der Waals surface area (Å²) in [7, 11) is 0. The number of hydrogen-bond acceptors (Lipinski definition) is 2. The van der Waals surface area contributed by atoms with Crippen LogP contribution in [0.5, 0.6) is 11.5 Å². The minimum absolute atomic E-state index is 0.155. The fraction of sp³-hybridized carbons (Fsp3) is 0.278. The third kappa shape index (κ3) is 3.64. The van der Waals surface area contributed by atoms with Gasteiger partial charge in [-0.1, -0.05) is 44.5 Å². The number of carbonyl (C=O) groups is 1. The van der Waals surface area contributed by atoms with Gasteiger partial charge in [0.2, 0.25) is 0 Å². The molecule has 3 heteroatoms. The van der Waals surface area contributed by atoms with Crippen LogP contribution in [-0.2, 0) is 5.41 Å². The molecule has 2 aromatic rings. The monoisotopic (exact) mass is 302 g/mol. The summed E-state index contributed by atoms with van der Waals surface area (Å²) < 4.78 is 5.76. The van der Waals surface area contributed by atoms with Crippen molar-refractivity contribution in [1.29, 1.82) is 0 Å². The number of benzene rings is 2. The minimum atomic E-state index is 0.155. The smallest absolute Gasteiger partial charge is 0.150 e. The van der Waals surface area contributed by atoms with Gasteiger partial charge in [-0.2, -0.15) is 0 Å². The van der Waals surface area contributed by atoms with E-state index in [1.807, 2.05) is 12.1 Å². The molecule has 110 valence electrons. The standard InChI is InChI=1S/C18H19ClO2/c1-4-18(2,3)14-6-8-15(9-7-14)21-17-10-5-13(12-20)11-16(17)19/h5-12H,4H2,1-3H3. The molecule has 0 spiro atoms. The van der Waals surface area contributed by atoms with Gasteiger partial charge in [-0.05, 0) is 47.7 Å². The van der Waals surface area contributed by atoms with Crippen molar-refractivity contribution in [2.75, 3.05) is 0 Å². The van der Waals surface area contributed by atoms with E-state index in [4.69, 9.17) is 16.3 Å². The third-order valence-corrected chi connectivity index (χ3v) is 4.13. The van der Waals surface area contributed by atoms with Crippen LogP contribution in [0.3, 0.4) is 0 Å². The van der Waals surface area contributed by atoms with Crippen LogP contribution in [-0.4, -0.2) is 6.29 Å². The Morgan fingerprint density at radius 3 is 2.33 bits per heavy atom. The fourth-order valence-electron chi connectivity index (χ4n) is 1.98. The van der Waals surface area contributed by atoms with E-state index in [1.165, 1.54) is 5.56 Å². The quantitative estimate of drug-likeness (QED) is 0.669. The van der Waals surface area contributed by atoms with E-state index in [1.54, 1.807) is 18.2 Å². The van der Waals surface area contributed by atoms with Crippen molar-refractivity contribution in [2.24, 2.45) is 0 Å². The Morgan fingerprint density at radius 1 is 1.14 bits per heavy atom. The molecule has 2 aromatic carbocycles. The van der Waals surface area contributed by atoms with Gasteiger partial charge >= 0.3 is 0 Å². The van der Waals surface area contributed by atoms with Crippen LogP contribution in [0.1, 0.15) is 43.1 Å². The highest BCUT2D eigenvalue weighted by molar-refractivity contribution is 6.32. The summed E-state index contributed by atoms with van der Waals surface area (Å²) in [6.45, 7) is 6.62. The summed E-state index contributed by atoms with van der Waals surface area (Å²) >= 11 is 6.10. The highest BCUT2D eigenvalue weighted by atomic mass is 35.5. The fourth-order valence-corrected chi connectivity index (χ4v) is 2.21. The minimum Gasteiger partial charge on any atom is -0.456 e. The molecule has 0 aliphatic carbocycles. The van der Waals surface area contributed by atoms with Gasteiger partial charge in [-0.3, -0.25) is 4.79 Å².